The highest BCUT2D eigenvalue weighted by molar-refractivity contribution is 4.83. The minimum Gasteiger partial charge on any atom is -0.396 e. The lowest BCUT2D eigenvalue weighted by Crippen LogP contribution is -2.39. The monoisotopic (exact) mass is 199 g/mol. The van der Waals surface area contributed by atoms with Gasteiger partial charge in [0, 0.05) is 19.2 Å². The molecule has 1 aliphatic rings. The van der Waals surface area contributed by atoms with Gasteiger partial charge in [-0.3, -0.25) is 0 Å². The molecular weight excluding hydrogens is 174 g/mol. The highest BCUT2D eigenvalue weighted by Crippen LogP contribution is 2.34. The molecular formula is C12H25NO. The van der Waals surface area contributed by atoms with Crippen LogP contribution in [-0.2, 0) is 0 Å². The molecule has 0 spiro atoms. The molecule has 0 aromatic carbocycles. The molecule has 2 nitrogen and oxygen atoms in total. The van der Waals surface area contributed by atoms with Crippen LogP contribution in [0.2, 0.25) is 0 Å². The van der Waals surface area contributed by atoms with Crippen LogP contribution in [0.5, 0.6) is 0 Å². The van der Waals surface area contributed by atoms with Gasteiger partial charge in [-0.1, -0.05) is 27.2 Å². The summed E-state index contributed by atoms with van der Waals surface area (Å²) in [6, 6.07) is 0.674. The lowest BCUT2D eigenvalue weighted by atomic mass is 9.75. The fourth-order valence-corrected chi connectivity index (χ4v) is 2.30. The van der Waals surface area contributed by atoms with Crippen molar-refractivity contribution in [1.82, 2.24) is 5.32 Å². The molecule has 1 fully saturated rings. The summed E-state index contributed by atoms with van der Waals surface area (Å²) < 4.78 is 0. The van der Waals surface area contributed by atoms with Gasteiger partial charge in [0.05, 0.1) is 0 Å². The minimum absolute atomic E-state index is 0.295. The van der Waals surface area contributed by atoms with Crippen LogP contribution in [0.3, 0.4) is 0 Å². The van der Waals surface area contributed by atoms with E-state index in [1.165, 1.54) is 25.7 Å². The molecule has 0 saturated heterocycles. The first-order chi connectivity index (χ1) is 6.53. The number of aliphatic hydroxyl groups excluding tert-OH is 1. The Hall–Kier alpha value is -0.0800. The predicted molar refractivity (Wildman–Crippen MR) is 60.3 cm³/mol. The Morgan fingerprint density at radius 1 is 1.50 bits per heavy atom. The zero-order chi connectivity index (χ0) is 10.6. The van der Waals surface area contributed by atoms with Crippen molar-refractivity contribution in [3.8, 4) is 0 Å². The molecule has 0 bridgehead atoms. The summed E-state index contributed by atoms with van der Waals surface area (Å²) in [6.07, 6.45) is 5.30. The largest absolute Gasteiger partial charge is 0.396 e. The predicted octanol–water partition coefficient (Wildman–Crippen LogP) is 2.17. The van der Waals surface area contributed by atoms with Crippen LogP contribution >= 0.6 is 0 Å². The van der Waals surface area contributed by atoms with Gasteiger partial charge in [0.25, 0.3) is 0 Å². The van der Waals surface area contributed by atoms with Gasteiger partial charge in [0.15, 0.2) is 0 Å². The summed E-state index contributed by atoms with van der Waals surface area (Å²) in [5.74, 6) is 0.389. The SMILES string of the molecule is CC(CO)CNC1CCCC(C)(C)C1. The van der Waals surface area contributed by atoms with Gasteiger partial charge in [-0.05, 0) is 30.6 Å². The first kappa shape index (κ1) is 12.0. The third kappa shape index (κ3) is 3.97. The van der Waals surface area contributed by atoms with Crippen molar-refractivity contribution in [1.29, 1.82) is 0 Å². The second kappa shape index (κ2) is 5.13. The molecule has 2 unspecified atom stereocenters. The van der Waals surface area contributed by atoms with E-state index in [1.807, 2.05) is 0 Å². The molecule has 0 aromatic heterocycles. The standard InChI is InChI=1S/C12H25NO/c1-10(9-14)8-13-11-5-4-6-12(2,3)7-11/h10-11,13-14H,4-9H2,1-3H3. The summed E-state index contributed by atoms with van der Waals surface area (Å²) in [7, 11) is 0. The number of nitrogens with one attached hydrogen (secondary N) is 1. The lowest BCUT2D eigenvalue weighted by molar-refractivity contribution is 0.182. The van der Waals surface area contributed by atoms with E-state index in [0.29, 0.717) is 24.0 Å². The van der Waals surface area contributed by atoms with Crippen molar-refractivity contribution < 1.29 is 5.11 Å². The number of hydrogen-bond donors (Lipinski definition) is 2. The molecule has 2 N–H and O–H groups in total. The zero-order valence-electron chi connectivity index (χ0n) is 9.84. The van der Waals surface area contributed by atoms with Crippen molar-refractivity contribution in [3.63, 3.8) is 0 Å². The van der Waals surface area contributed by atoms with Crippen LogP contribution in [-0.4, -0.2) is 24.3 Å². The van der Waals surface area contributed by atoms with E-state index in [4.69, 9.17) is 5.11 Å². The van der Waals surface area contributed by atoms with E-state index < -0.39 is 0 Å². The van der Waals surface area contributed by atoms with E-state index in [1.54, 1.807) is 0 Å². The highest BCUT2D eigenvalue weighted by atomic mass is 16.3. The Balaban J connectivity index is 2.24. The molecule has 1 rings (SSSR count). The maximum Gasteiger partial charge on any atom is 0.0468 e. The van der Waals surface area contributed by atoms with Gasteiger partial charge in [-0.2, -0.15) is 0 Å². The molecule has 1 aliphatic carbocycles. The van der Waals surface area contributed by atoms with E-state index in [9.17, 15) is 0 Å². The van der Waals surface area contributed by atoms with E-state index in [2.05, 4.69) is 26.1 Å². The van der Waals surface area contributed by atoms with Crippen molar-refractivity contribution in [2.24, 2.45) is 11.3 Å². The van der Waals surface area contributed by atoms with E-state index in [0.717, 1.165) is 6.54 Å². The fraction of sp³-hybridized carbons (Fsp3) is 1.00. The van der Waals surface area contributed by atoms with Crippen molar-refractivity contribution in [2.75, 3.05) is 13.2 Å². The van der Waals surface area contributed by atoms with Gasteiger partial charge in [-0.25, -0.2) is 0 Å². The first-order valence-electron chi connectivity index (χ1n) is 5.88. The molecule has 0 radical (unpaired) electrons. The van der Waals surface area contributed by atoms with Crippen molar-refractivity contribution in [3.05, 3.63) is 0 Å². The third-order valence-corrected chi connectivity index (χ3v) is 3.27. The quantitative estimate of drug-likeness (QED) is 0.727. The summed E-state index contributed by atoms with van der Waals surface area (Å²) in [6.45, 7) is 8.05. The lowest BCUT2D eigenvalue weighted by Gasteiger charge is -2.36. The molecule has 0 heterocycles. The molecule has 2 heteroatoms. The topological polar surface area (TPSA) is 32.3 Å². The van der Waals surface area contributed by atoms with Gasteiger partial charge >= 0.3 is 0 Å². The highest BCUT2D eigenvalue weighted by Gasteiger charge is 2.27. The molecule has 1 saturated carbocycles. The summed E-state index contributed by atoms with van der Waals surface area (Å²) in [5.41, 5.74) is 0.512. The Bertz CT molecular complexity index is 168. The van der Waals surface area contributed by atoms with Gasteiger partial charge < -0.3 is 10.4 Å². The second-order valence-corrected chi connectivity index (χ2v) is 5.65. The molecule has 0 aromatic rings. The number of hydrogen-bond acceptors (Lipinski definition) is 2. The van der Waals surface area contributed by atoms with Crippen LogP contribution in [0, 0.1) is 11.3 Å². The molecule has 2 atom stereocenters. The smallest absolute Gasteiger partial charge is 0.0468 e. The number of rotatable bonds is 4. The van der Waals surface area contributed by atoms with Crippen LogP contribution in [0.4, 0.5) is 0 Å². The normalized spacial score (nSPS) is 28.7. The average molecular weight is 199 g/mol. The fourth-order valence-electron chi connectivity index (χ4n) is 2.30. The molecule has 0 aliphatic heterocycles. The average Bonchev–Trinajstić information content (AvgIpc) is 2.12. The van der Waals surface area contributed by atoms with Crippen LogP contribution in [0.1, 0.15) is 46.5 Å². The van der Waals surface area contributed by atoms with Gasteiger partial charge in [-0.15, -0.1) is 0 Å². The van der Waals surface area contributed by atoms with E-state index in [-0.39, 0.29) is 0 Å². The Morgan fingerprint density at radius 3 is 2.79 bits per heavy atom. The summed E-state index contributed by atoms with van der Waals surface area (Å²) in [5, 5.41) is 12.5. The summed E-state index contributed by atoms with van der Waals surface area (Å²) in [4.78, 5) is 0. The number of aliphatic hydroxyl groups is 1. The van der Waals surface area contributed by atoms with Gasteiger partial charge in [0.2, 0.25) is 0 Å². The van der Waals surface area contributed by atoms with Crippen LogP contribution < -0.4 is 5.32 Å². The van der Waals surface area contributed by atoms with E-state index >= 15 is 0 Å². The van der Waals surface area contributed by atoms with Gasteiger partial charge in [0.1, 0.15) is 0 Å². The Morgan fingerprint density at radius 2 is 2.21 bits per heavy atom. The molecule has 84 valence electrons. The maximum absolute atomic E-state index is 8.93. The zero-order valence-corrected chi connectivity index (χ0v) is 9.84. The van der Waals surface area contributed by atoms with Crippen molar-refractivity contribution in [2.45, 2.75) is 52.5 Å². The van der Waals surface area contributed by atoms with Crippen LogP contribution in [0.15, 0.2) is 0 Å². The second-order valence-electron chi connectivity index (χ2n) is 5.65. The summed E-state index contributed by atoms with van der Waals surface area (Å²) >= 11 is 0. The molecule has 0 amide bonds. The maximum atomic E-state index is 8.93. The Kier molecular flexibility index (Phi) is 4.39. The Labute approximate surface area is 88.1 Å². The first-order valence-corrected chi connectivity index (χ1v) is 5.88. The van der Waals surface area contributed by atoms with Crippen molar-refractivity contribution >= 4 is 0 Å². The minimum atomic E-state index is 0.295. The third-order valence-electron chi connectivity index (χ3n) is 3.27. The molecule has 14 heavy (non-hydrogen) atoms. The van der Waals surface area contributed by atoms with Crippen LogP contribution in [0.25, 0.3) is 0 Å².